The quantitative estimate of drug-likeness (QED) is 0.657. The smallest absolute Gasteiger partial charge is 0.261 e. The zero-order chi connectivity index (χ0) is 14.0. The number of anilines is 1. The van der Waals surface area contributed by atoms with Crippen molar-refractivity contribution in [3.05, 3.63) is 41.5 Å². The van der Waals surface area contributed by atoms with Gasteiger partial charge < -0.3 is 5.73 Å². The minimum atomic E-state index is -0.544. The molecule has 0 bridgehead atoms. The second-order valence-corrected chi connectivity index (χ2v) is 4.26. The molecule has 0 saturated carbocycles. The molecule has 2 N–H and O–H groups in total. The van der Waals surface area contributed by atoms with Crippen LogP contribution in [0.2, 0.25) is 0 Å². The molecule has 0 spiro atoms. The van der Waals surface area contributed by atoms with Gasteiger partial charge in [-0.1, -0.05) is 13.0 Å². The van der Waals surface area contributed by atoms with E-state index in [1.54, 1.807) is 18.2 Å². The Morgan fingerprint density at radius 2 is 1.95 bits per heavy atom. The van der Waals surface area contributed by atoms with Gasteiger partial charge >= 0.3 is 0 Å². The van der Waals surface area contributed by atoms with E-state index in [0.717, 1.165) is 4.90 Å². The van der Waals surface area contributed by atoms with E-state index in [2.05, 4.69) is 0 Å². The number of primary amides is 1. The largest absolute Gasteiger partial charge is 0.366 e. The number of carbonyl (C=O) groups excluding carboxylic acids is 3. The fraction of sp³-hybridized carbons (Fsp3) is 0.214. The van der Waals surface area contributed by atoms with E-state index < -0.39 is 5.91 Å². The lowest BCUT2D eigenvalue weighted by molar-refractivity contribution is -0.120. The Kier molecular flexibility index (Phi) is 3.46. The monoisotopic (exact) mass is 258 g/mol. The van der Waals surface area contributed by atoms with Gasteiger partial charge in [-0.2, -0.15) is 0 Å². The van der Waals surface area contributed by atoms with Gasteiger partial charge in [-0.25, -0.2) is 4.90 Å². The standard InChI is InChI=1S/C14H14N2O3/c1-2-3-10-8-12(17)16(14(10)19)11-6-4-9(5-7-11)13(15)18/h3-7H,2,8H2,1H3,(H2,15,18). The Hall–Kier alpha value is -2.43. The number of allylic oxidation sites excluding steroid dienone is 1. The van der Waals surface area contributed by atoms with E-state index in [4.69, 9.17) is 5.73 Å². The van der Waals surface area contributed by atoms with Gasteiger partial charge in [0.15, 0.2) is 0 Å². The predicted molar refractivity (Wildman–Crippen MR) is 70.4 cm³/mol. The predicted octanol–water partition coefficient (Wildman–Crippen LogP) is 1.39. The third-order valence-corrected chi connectivity index (χ3v) is 2.93. The molecule has 98 valence electrons. The van der Waals surface area contributed by atoms with Crippen molar-refractivity contribution in [2.24, 2.45) is 5.73 Å². The first kappa shape index (κ1) is 13.0. The van der Waals surface area contributed by atoms with Crippen LogP contribution >= 0.6 is 0 Å². The maximum Gasteiger partial charge on any atom is 0.261 e. The molecule has 2 rings (SSSR count). The normalized spacial score (nSPS) is 17.3. The Balaban J connectivity index is 2.31. The van der Waals surface area contributed by atoms with Crippen molar-refractivity contribution in [3.8, 4) is 0 Å². The van der Waals surface area contributed by atoms with Crippen LogP contribution in [-0.4, -0.2) is 17.7 Å². The average molecular weight is 258 g/mol. The molecule has 0 radical (unpaired) electrons. The highest BCUT2D eigenvalue weighted by Crippen LogP contribution is 2.26. The molecule has 1 aliphatic rings. The summed E-state index contributed by atoms with van der Waals surface area (Å²) in [4.78, 5) is 36.0. The molecular formula is C14H14N2O3. The van der Waals surface area contributed by atoms with Crippen LogP contribution in [0.4, 0.5) is 5.69 Å². The van der Waals surface area contributed by atoms with Gasteiger partial charge in [0.05, 0.1) is 12.1 Å². The first-order valence-electron chi connectivity index (χ1n) is 6.00. The van der Waals surface area contributed by atoms with Crippen LogP contribution in [0.5, 0.6) is 0 Å². The van der Waals surface area contributed by atoms with Crippen molar-refractivity contribution in [2.75, 3.05) is 4.90 Å². The van der Waals surface area contributed by atoms with E-state index in [0.29, 0.717) is 23.2 Å². The molecular weight excluding hydrogens is 244 g/mol. The Morgan fingerprint density at radius 1 is 1.32 bits per heavy atom. The zero-order valence-electron chi connectivity index (χ0n) is 10.6. The lowest BCUT2D eigenvalue weighted by Crippen LogP contribution is -2.29. The highest BCUT2D eigenvalue weighted by Gasteiger charge is 2.34. The van der Waals surface area contributed by atoms with Gasteiger partial charge in [-0.15, -0.1) is 0 Å². The minimum absolute atomic E-state index is 0.129. The van der Waals surface area contributed by atoms with Crippen molar-refractivity contribution in [1.29, 1.82) is 0 Å². The summed E-state index contributed by atoms with van der Waals surface area (Å²) in [7, 11) is 0. The summed E-state index contributed by atoms with van der Waals surface area (Å²) >= 11 is 0. The lowest BCUT2D eigenvalue weighted by atomic mass is 10.2. The molecule has 0 atom stereocenters. The van der Waals surface area contributed by atoms with Crippen molar-refractivity contribution in [3.63, 3.8) is 0 Å². The zero-order valence-corrected chi connectivity index (χ0v) is 10.6. The van der Waals surface area contributed by atoms with Crippen molar-refractivity contribution in [1.82, 2.24) is 0 Å². The van der Waals surface area contributed by atoms with Crippen LogP contribution < -0.4 is 10.6 Å². The number of benzene rings is 1. The summed E-state index contributed by atoms with van der Waals surface area (Å²) in [6.07, 6.45) is 2.60. The molecule has 1 fully saturated rings. The van der Waals surface area contributed by atoms with Gasteiger partial charge in [0, 0.05) is 11.1 Å². The summed E-state index contributed by atoms with van der Waals surface area (Å²) in [6, 6.07) is 6.09. The fourth-order valence-electron chi connectivity index (χ4n) is 2.02. The molecule has 5 nitrogen and oxygen atoms in total. The SMILES string of the molecule is CCC=C1CC(=O)N(c2ccc(C(N)=O)cc2)C1=O. The number of hydrogen-bond donors (Lipinski definition) is 1. The number of nitrogens with two attached hydrogens (primary N) is 1. The molecule has 1 saturated heterocycles. The Morgan fingerprint density at radius 3 is 2.47 bits per heavy atom. The highest BCUT2D eigenvalue weighted by molar-refractivity contribution is 6.28. The number of amides is 3. The van der Waals surface area contributed by atoms with Crippen LogP contribution in [0, 0.1) is 0 Å². The molecule has 3 amide bonds. The van der Waals surface area contributed by atoms with E-state index in [1.807, 2.05) is 6.92 Å². The fourth-order valence-corrected chi connectivity index (χ4v) is 2.02. The minimum Gasteiger partial charge on any atom is -0.366 e. The van der Waals surface area contributed by atoms with Gasteiger partial charge in [0.2, 0.25) is 11.8 Å². The van der Waals surface area contributed by atoms with E-state index >= 15 is 0 Å². The number of carbonyl (C=O) groups is 3. The van der Waals surface area contributed by atoms with E-state index in [1.165, 1.54) is 12.1 Å². The van der Waals surface area contributed by atoms with Gasteiger partial charge in [0.1, 0.15) is 0 Å². The molecule has 19 heavy (non-hydrogen) atoms. The molecule has 0 aromatic heterocycles. The molecule has 0 aliphatic carbocycles. The van der Waals surface area contributed by atoms with Crippen LogP contribution in [0.15, 0.2) is 35.9 Å². The van der Waals surface area contributed by atoms with E-state index in [-0.39, 0.29) is 18.2 Å². The third-order valence-electron chi connectivity index (χ3n) is 2.93. The van der Waals surface area contributed by atoms with Crippen LogP contribution in [0.25, 0.3) is 0 Å². The summed E-state index contributed by atoms with van der Waals surface area (Å²) in [5.41, 5.74) is 6.46. The van der Waals surface area contributed by atoms with E-state index in [9.17, 15) is 14.4 Å². The summed E-state index contributed by atoms with van der Waals surface area (Å²) in [6.45, 7) is 1.91. The Bertz CT molecular complexity index is 573. The van der Waals surface area contributed by atoms with Gasteiger partial charge in [0.25, 0.3) is 5.91 Å². The maximum absolute atomic E-state index is 12.1. The van der Waals surface area contributed by atoms with Crippen LogP contribution in [0.1, 0.15) is 30.1 Å². The van der Waals surface area contributed by atoms with Gasteiger partial charge in [-0.3, -0.25) is 14.4 Å². The molecule has 1 aromatic rings. The summed E-state index contributed by atoms with van der Waals surface area (Å²) < 4.78 is 0. The average Bonchev–Trinajstić information content (AvgIpc) is 2.65. The van der Waals surface area contributed by atoms with Crippen LogP contribution in [0.3, 0.4) is 0 Å². The molecule has 1 aliphatic heterocycles. The molecule has 5 heteroatoms. The lowest BCUT2D eigenvalue weighted by Gasteiger charge is -2.13. The van der Waals surface area contributed by atoms with Crippen molar-refractivity contribution in [2.45, 2.75) is 19.8 Å². The van der Waals surface area contributed by atoms with Crippen molar-refractivity contribution < 1.29 is 14.4 Å². The second-order valence-electron chi connectivity index (χ2n) is 4.26. The first-order chi connectivity index (χ1) is 9.04. The second kappa shape index (κ2) is 5.06. The molecule has 1 aromatic carbocycles. The Labute approximate surface area is 110 Å². The highest BCUT2D eigenvalue weighted by atomic mass is 16.2. The van der Waals surface area contributed by atoms with Gasteiger partial charge in [-0.05, 0) is 30.7 Å². The molecule has 0 unspecified atom stereocenters. The molecule has 1 heterocycles. The first-order valence-corrected chi connectivity index (χ1v) is 6.00. The summed E-state index contributed by atoms with van der Waals surface area (Å²) in [5.74, 6) is -1.09. The third kappa shape index (κ3) is 2.40. The number of imide groups is 1. The number of nitrogens with zero attached hydrogens (tertiary/aromatic N) is 1. The van der Waals surface area contributed by atoms with Crippen molar-refractivity contribution >= 4 is 23.4 Å². The van der Waals surface area contributed by atoms with Crippen LogP contribution in [-0.2, 0) is 9.59 Å². The summed E-state index contributed by atoms with van der Waals surface area (Å²) in [5, 5.41) is 0. The topological polar surface area (TPSA) is 80.5 Å². The number of rotatable bonds is 3. The number of hydrogen-bond acceptors (Lipinski definition) is 3. The maximum atomic E-state index is 12.1.